The van der Waals surface area contributed by atoms with Gasteiger partial charge in [-0.15, -0.1) is 0 Å². The van der Waals surface area contributed by atoms with Gasteiger partial charge in [-0.25, -0.2) is 9.82 Å². The molecule has 0 saturated carbocycles. The van der Waals surface area contributed by atoms with Crippen LogP contribution in [-0.4, -0.2) is 28.4 Å². The lowest BCUT2D eigenvalue weighted by Gasteiger charge is -2.36. The van der Waals surface area contributed by atoms with Crippen molar-refractivity contribution in [3.8, 4) is 5.75 Å². The average Bonchev–Trinajstić information content (AvgIpc) is 2.68. The average molecular weight is 387 g/mol. The molecule has 1 unspecified atom stereocenters. The molecule has 1 amide bonds. The second-order valence-corrected chi connectivity index (χ2v) is 6.64. The maximum atomic E-state index is 13.1. The van der Waals surface area contributed by atoms with Gasteiger partial charge < -0.3 is 9.30 Å². The highest BCUT2D eigenvalue weighted by molar-refractivity contribution is 5.96. The third-order valence-corrected chi connectivity index (χ3v) is 4.55. The van der Waals surface area contributed by atoms with Crippen molar-refractivity contribution in [2.45, 2.75) is 39.4 Å². The number of unbranched alkanes of at least 4 members (excludes halogenated alkanes) is 1. The van der Waals surface area contributed by atoms with Crippen molar-refractivity contribution >= 4 is 12.2 Å². The Morgan fingerprint density at radius 1 is 1.25 bits per heavy atom. The molecule has 1 aliphatic heterocycles. The quantitative estimate of drug-likeness (QED) is 0.584. The van der Waals surface area contributed by atoms with Crippen LogP contribution in [0.1, 0.15) is 59.3 Å². The number of hydrogen-bond donors (Lipinski definition) is 1. The molecule has 0 aliphatic carbocycles. The maximum absolute atomic E-state index is 13.1. The lowest BCUT2D eigenvalue weighted by molar-refractivity contribution is 0.0451. The van der Waals surface area contributed by atoms with Gasteiger partial charge in [-0.2, -0.15) is 0 Å². The van der Waals surface area contributed by atoms with Crippen molar-refractivity contribution in [1.29, 1.82) is 0 Å². The molecule has 148 valence electrons. The molecule has 2 aromatic rings. The standard InChI is InChI=1S/C20H22FN3O4/c1-3-4-9-28-19-17-20(27)24(10-14-5-7-16(21)8-6-14)22-13(2)23(17)11-15(12-25)18(19)26/h5-8,11-13,22H,3-4,9-10H2,1-2H3. The van der Waals surface area contributed by atoms with Crippen molar-refractivity contribution in [2.75, 3.05) is 6.61 Å². The van der Waals surface area contributed by atoms with E-state index >= 15 is 0 Å². The molecule has 1 aromatic carbocycles. The fourth-order valence-electron chi connectivity index (χ4n) is 3.04. The summed E-state index contributed by atoms with van der Waals surface area (Å²) in [5.74, 6) is -0.927. The summed E-state index contributed by atoms with van der Waals surface area (Å²) < 4.78 is 20.3. The summed E-state index contributed by atoms with van der Waals surface area (Å²) in [6, 6.07) is 5.82. The van der Waals surface area contributed by atoms with E-state index in [1.807, 2.05) is 6.92 Å². The molecule has 2 heterocycles. The first kappa shape index (κ1) is 19.8. The number of carbonyl (C=O) groups is 2. The van der Waals surface area contributed by atoms with Gasteiger partial charge in [0.15, 0.2) is 17.7 Å². The molecule has 1 atom stereocenters. The summed E-state index contributed by atoms with van der Waals surface area (Å²) in [7, 11) is 0. The second kappa shape index (κ2) is 8.35. The first-order valence-electron chi connectivity index (χ1n) is 9.15. The third-order valence-electron chi connectivity index (χ3n) is 4.55. The van der Waals surface area contributed by atoms with Crippen LogP contribution in [0.3, 0.4) is 0 Å². The highest BCUT2D eigenvalue weighted by Gasteiger charge is 2.33. The number of halogens is 1. The van der Waals surface area contributed by atoms with E-state index in [4.69, 9.17) is 4.74 Å². The van der Waals surface area contributed by atoms with Gasteiger partial charge in [0.25, 0.3) is 5.91 Å². The van der Waals surface area contributed by atoms with Crippen LogP contribution in [0, 0.1) is 5.82 Å². The molecule has 0 radical (unpaired) electrons. The Kier molecular flexibility index (Phi) is 5.89. The zero-order chi connectivity index (χ0) is 20.3. The molecule has 0 spiro atoms. The molecule has 1 aromatic heterocycles. The Morgan fingerprint density at radius 3 is 2.61 bits per heavy atom. The van der Waals surface area contributed by atoms with E-state index in [-0.39, 0.29) is 36.0 Å². The molecule has 28 heavy (non-hydrogen) atoms. The van der Waals surface area contributed by atoms with E-state index in [2.05, 4.69) is 5.43 Å². The van der Waals surface area contributed by atoms with Gasteiger partial charge in [0, 0.05) is 6.20 Å². The molecular formula is C20H22FN3O4. The third kappa shape index (κ3) is 3.82. The fourth-order valence-corrected chi connectivity index (χ4v) is 3.04. The Hall–Kier alpha value is -3.00. The summed E-state index contributed by atoms with van der Waals surface area (Å²) in [4.78, 5) is 37.0. The number of pyridine rings is 1. The van der Waals surface area contributed by atoms with Crippen molar-refractivity contribution in [2.24, 2.45) is 0 Å². The Labute approximate surface area is 161 Å². The largest absolute Gasteiger partial charge is 0.487 e. The normalized spacial score (nSPS) is 16.0. The summed E-state index contributed by atoms with van der Waals surface area (Å²) in [5.41, 5.74) is 3.19. The highest BCUT2D eigenvalue weighted by Crippen LogP contribution is 2.25. The summed E-state index contributed by atoms with van der Waals surface area (Å²) in [6.07, 6.45) is 3.00. The van der Waals surface area contributed by atoms with E-state index in [0.29, 0.717) is 12.7 Å². The number of rotatable bonds is 7. The van der Waals surface area contributed by atoms with Crippen LogP contribution in [0.2, 0.25) is 0 Å². The smallest absolute Gasteiger partial charge is 0.289 e. The lowest BCUT2D eigenvalue weighted by atomic mass is 10.1. The zero-order valence-electron chi connectivity index (χ0n) is 15.8. The minimum atomic E-state index is -0.596. The van der Waals surface area contributed by atoms with Gasteiger partial charge in [-0.05, 0) is 31.0 Å². The van der Waals surface area contributed by atoms with Gasteiger partial charge >= 0.3 is 0 Å². The van der Waals surface area contributed by atoms with E-state index in [0.717, 1.165) is 12.0 Å². The van der Waals surface area contributed by atoms with Crippen molar-refractivity contribution in [1.82, 2.24) is 15.0 Å². The van der Waals surface area contributed by atoms with Crippen LogP contribution >= 0.6 is 0 Å². The summed E-state index contributed by atoms with van der Waals surface area (Å²) in [5, 5.41) is 1.36. The second-order valence-electron chi connectivity index (χ2n) is 6.64. The topological polar surface area (TPSA) is 80.6 Å². The number of hydrogen-bond acceptors (Lipinski definition) is 5. The van der Waals surface area contributed by atoms with Gasteiger partial charge in [-0.3, -0.25) is 19.4 Å². The van der Waals surface area contributed by atoms with Gasteiger partial charge in [0.1, 0.15) is 5.82 Å². The lowest BCUT2D eigenvalue weighted by Crippen LogP contribution is -2.51. The minimum Gasteiger partial charge on any atom is -0.487 e. The van der Waals surface area contributed by atoms with Crippen LogP contribution in [0.5, 0.6) is 5.75 Å². The van der Waals surface area contributed by atoms with Gasteiger partial charge in [0.2, 0.25) is 5.43 Å². The van der Waals surface area contributed by atoms with Crippen LogP contribution in [-0.2, 0) is 6.54 Å². The number of fused-ring (bicyclic) bond motifs is 1. The van der Waals surface area contributed by atoms with Gasteiger partial charge in [-0.1, -0.05) is 25.5 Å². The number of hydrazine groups is 1. The number of aromatic nitrogens is 1. The van der Waals surface area contributed by atoms with Crippen LogP contribution in [0.25, 0.3) is 0 Å². The number of carbonyl (C=O) groups excluding carboxylic acids is 2. The van der Waals surface area contributed by atoms with Crippen molar-refractivity contribution < 1.29 is 18.7 Å². The molecule has 0 saturated heterocycles. The molecule has 0 bridgehead atoms. The number of amides is 1. The van der Waals surface area contributed by atoms with Crippen LogP contribution in [0.15, 0.2) is 35.3 Å². The highest BCUT2D eigenvalue weighted by atomic mass is 19.1. The van der Waals surface area contributed by atoms with E-state index in [1.54, 1.807) is 19.1 Å². The van der Waals surface area contributed by atoms with Crippen molar-refractivity contribution in [3.63, 3.8) is 0 Å². The first-order chi connectivity index (χ1) is 13.5. The fraction of sp³-hybridized carbons (Fsp3) is 0.350. The van der Waals surface area contributed by atoms with E-state index < -0.39 is 17.5 Å². The van der Waals surface area contributed by atoms with Gasteiger partial charge in [0.05, 0.1) is 24.9 Å². The van der Waals surface area contributed by atoms with E-state index in [9.17, 15) is 18.8 Å². The maximum Gasteiger partial charge on any atom is 0.289 e. The SMILES string of the molecule is CCCCOc1c2n(cc(C=O)c1=O)C(C)NN(Cc1ccc(F)cc1)C2=O. The Bertz CT molecular complexity index is 940. The number of nitrogens with zero attached hydrogens (tertiary/aromatic N) is 2. The Morgan fingerprint density at radius 2 is 1.96 bits per heavy atom. The molecular weight excluding hydrogens is 365 g/mol. The first-order valence-corrected chi connectivity index (χ1v) is 9.15. The molecule has 0 fully saturated rings. The molecule has 7 nitrogen and oxygen atoms in total. The Balaban J connectivity index is 2.01. The minimum absolute atomic E-state index is 0.0660. The molecule has 1 aliphatic rings. The number of nitrogens with one attached hydrogen (secondary N) is 1. The molecule has 8 heteroatoms. The van der Waals surface area contributed by atoms with E-state index in [1.165, 1.54) is 27.9 Å². The zero-order valence-corrected chi connectivity index (χ0v) is 15.8. The molecule has 3 rings (SSSR count). The number of aldehydes is 1. The number of ether oxygens (including phenoxy) is 1. The summed E-state index contributed by atoms with van der Waals surface area (Å²) in [6.45, 7) is 4.23. The predicted molar refractivity (Wildman–Crippen MR) is 101 cm³/mol. The summed E-state index contributed by atoms with van der Waals surface area (Å²) >= 11 is 0. The number of benzene rings is 1. The van der Waals surface area contributed by atoms with Crippen LogP contribution in [0.4, 0.5) is 4.39 Å². The predicted octanol–water partition coefficient (Wildman–Crippen LogP) is 2.66. The van der Waals surface area contributed by atoms with Crippen LogP contribution < -0.4 is 15.6 Å². The van der Waals surface area contributed by atoms with Crippen molar-refractivity contribution in [3.05, 3.63) is 63.3 Å². The monoisotopic (exact) mass is 387 g/mol. The molecule has 1 N–H and O–H groups in total.